The van der Waals surface area contributed by atoms with Crippen molar-refractivity contribution in [3.8, 4) is 5.75 Å². The van der Waals surface area contributed by atoms with Gasteiger partial charge in [-0.05, 0) is 68.5 Å². The first-order valence-electron chi connectivity index (χ1n) is 9.17. The normalized spacial score (nSPS) is 14.8. The first-order valence-corrected chi connectivity index (χ1v) is 9.17. The molecule has 126 valence electrons. The molecule has 1 N–H and O–H groups in total. The van der Waals surface area contributed by atoms with Gasteiger partial charge in [0.15, 0.2) is 0 Å². The maximum atomic E-state index is 5.61. The van der Waals surface area contributed by atoms with E-state index in [4.69, 9.17) is 4.74 Å². The second-order valence-corrected chi connectivity index (χ2v) is 6.88. The van der Waals surface area contributed by atoms with E-state index in [1.54, 1.807) is 7.11 Å². The second-order valence-electron chi connectivity index (χ2n) is 6.88. The zero-order valence-corrected chi connectivity index (χ0v) is 14.8. The third-order valence-corrected chi connectivity index (χ3v) is 4.81. The van der Waals surface area contributed by atoms with E-state index in [1.165, 1.54) is 67.4 Å². The molecule has 1 aliphatic rings. The van der Waals surface area contributed by atoms with E-state index in [1.807, 2.05) is 0 Å². The van der Waals surface area contributed by atoms with E-state index in [0.29, 0.717) is 5.92 Å². The topological polar surface area (TPSA) is 28.3 Å². The summed E-state index contributed by atoms with van der Waals surface area (Å²) in [7, 11) is 1.79. The molecule has 0 spiro atoms. The predicted octanol–water partition coefficient (Wildman–Crippen LogP) is 5.07. The molecule has 0 aliphatic heterocycles. The van der Waals surface area contributed by atoms with Gasteiger partial charge in [0.05, 0.1) is 7.11 Å². The van der Waals surface area contributed by atoms with Crippen LogP contribution in [0.4, 0.5) is 0 Å². The molecule has 3 rings (SSSR count). The van der Waals surface area contributed by atoms with Gasteiger partial charge in [-0.25, -0.2) is 0 Å². The highest BCUT2D eigenvalue weighted by atomic mass is 16.5. The second kappa shape index (κ2) is 7.39. The Morgan fingerprint density at radius 3 is 2.61 bits per heavy atom. The van der Waals surface area contributed by atoms with Crippen LogP contribution in [0.1, 0.15) is 63.1 Å². The molecule has 0 radical (unpaired) electrons. The average Bonchev–Trinajstić information content (AvgIpc) is 3.32. The van der Waals surface area contributed by atoms with E-state index in [9.17, 15) is 0 Å². The number of H-pyrrole nitrogens is 1. The maximum absolute atomic E-state index is 5.61. The van der Waals surface area contributed by atoms with Gasteiger partial charge in [0.25, 0.3) is 0 Å². The number of fused-ring (bicyclic) bond motifs is 1. The Labute approximate surface area is 140 Å². The van der Waals surface area contributed by atoms with Gasteiger partial charge in [0, 0.05) is 23.1 Å². The van der Waals surface area contributed by atoms with Crippen molar-refractivity contribution < 1.29 is 4.74 Å². The zero-order valence-electron chi connectivity index (χ0n) is 14.8. The maximum Gasteiger partial charge on any atom is 0.123 e. The third-order valence-electron chi connectivity index (χ3n) is 4.81. The van der Waals surface area contributed by atoms with Crippen molar-refractivity contribution >= 4 is 10.9 Å². The number of hydrogen-bond donors (Lipinski definition) is 1. The number of nitrogens with one attached hydrogen (secondary N) is 1. The van der Waals surface area contributed by atoms with Gasteiger partial charge in [0.1, 0.15) is 5.75 Å². The summed E-state index contributed by atoms with van der Waals surface area (Å²) in [5.74, 6) is 1.77. The molecule has 0 atom stereocenters. The van der Waals surface area contributed by atoms with Crippen LogP contribution in [0, 0.1) is 0 Å². The van der Waals surface area contributed by atoms with Gasteiger partial charge in [-0.3, -0.25) is 4.90 Å². The Morgan fingerprint density at radius 1 is 1.13 bits per heavy atom. The van der Waals surface area contributed by atoms with Crippen molar-refractivity contribution in [3.63, 3.8) is 0 Å². The van der Waals surface area contributed by atoms with E-state index in [-0.39, 0.29) is 0 Å². The largest absolute Gasteiger partial charge is 0.496 e. The Balaban J connectivity index is 1.81. The minimum Gasteiger partial charge on any atom is -0.496 e. The number of rotatable bonds is 9. The standard InChI is InChI=1S/C20H30N2O/c1-4-6-10-22(9-5-2)14-17-11-16-12-20(23-3)18(15-7-8-15)13-19(16)21-17/h11-13,15,21H,4-10,14H2,1-3H3. The number of aromatic amines is 1. The summed E-state index contributed by atoms with van der Waals surface area (Å²) >= 11 is 0. The van der Waals surface area contributed by atoms with Crippen LogP contribution in [-0.4, -0.2) is 30.1 Å². The summed E-state index contributed by atoms with van der Waals surface area (Å²) in [6, 6.07) is 6.81. The van der Waals surface area contributed by atoms with E-state index >= 15 is 0 Å². The van der Waals surface area contributed by atoms with E-state index < -0.39 is 0 Å². The quantitative estimate of drug-likeness (QED) is 0.700. The molecule has 3 heteroatoms. The molecule has 2 aromatic rings. The first kappa shape index (κ1) is 16.4. The minimum atomic E-state index is 0.710. The molecule has 0 saturated heterocycles. The van der Waals surface area contributed by atoms with Crippen LogP contribution < -0.4 is 4.74 Å². The fraction of sp³-hybridized carbons (Fsp3) is 0.600. The number of ether oxygens (including phenoxy) is 1. The molecule has 1 aliphatic carbocycles. The number of hydrogen-bond acceptors (Lipinski definition) is 2. The fourth-order valence-electron chi connectivity index (χ4n) is 3.42. The summed E-state index contributed by atoms with van der Waals surface area (Å²) in [5.41, 5.74) is 3.96. The highest BCUT2D eigenvalue weighted by molar-refractivity contribution is 5.83. The van der Waals surface area contributed by atoms with Gasteiger partial charge in [-0.1, -0.05) is 20.3 Å². The highest BCUT2D eigenvalue weighted by Crippen LogP contribution is 2.45. The van der Waals surface area contributed by atoms with Crippen LogP contribution in [0.25, 0.3) is 10.9 Å². The van der Waals surface area contributed by atoms with Crippen molar-refractivity contribution in [2.24, 2.45) is 0 Å². The van der Waals surface area contributed by atoms with Crippen molar-refractivity contribution in [2.45, 2.75) is 58.4 Å². The van der Waals surface area contributed by atoms with Gasteiger partial charge in [0.2, 0.25) is 0 Å². The monoisotopic (exact) mass is 314 g/mol. The number of benzene rings is 1. The molecule has 0 bridgehead atoms. The van der Waals surface area contributed by atoms with Crippen LogP contribution in [0.2, 0.25) is 0 Å². The van der Waals surface area contributed by atoms with Crippen LogP contribution in [-0.2, 0) is 6.54 Å². The molecule has 1 heterocycles. The SMILES string of the molecule is CCCCN(CCC)Cc1cc2cc(OC)c(C3CC3)cc2[nH]1. The number of aromatic nitrogens is 1. The first-order chi connectivity index (χ1) is 11.2. The zero-order chi connectivity index (χ0) is 16.2. The van der Waals surface area contributed by atoms with Crippen LogP contribution in [0.3, 0.4) is 0 Å². The Kier molecular flexibility index (Phi) is 5.27. The smallest absolute Gasteiger partial charge is 0.123 e. The van der Waals surface area contributed by atoms with E-state index in [0.717, 1.165) is 12.3 Å². The van der Waals surface area contributed by atoms with Gasteiger partial charge < -0.3 is 9.72 Å². The van der Waals surface area contributed by atoms with Crippen LogP contribution >= 0.6 is 0 Å². The van der Waals surface area contributed by atoms with Crippen molar-refractivity contribution in [2.75, 3.05) is 20.2 Å². The number of unbranched alkanes of at least 4 members (excludes halogenated alkanes) is 1. The summed E-state index contributed by atoms with van der Waals surface area (Å²) in [4.78, 5) is 6.20. The third kappa shape index (κ3) is 3.89. The van der Waals surface area contributed by atoms with Gasteiger partial charge in [-0.2, -0.15) is 0 Å². The minimum absolute atomic E-state index is 0.710. The molecule has 1 fully saturated rings. The van der Waals surface area contributed by atoms with Crippen LogP contribution in [0.15, 0.2) is 18.2 Å². The van der Waals surface area contributed by atoms with Crippen molar-refractivity contribution in [3.05, 3.63) is 29.5 Å². The fourth-order valence-corrected chi connectivity index (χ4v) is 3.42. The molecule has 3 nitrogen and oxygen atoms in total. The lowest BCUT2D eigenvalue weighted by atomic mass is 10.1. The van der Waals surface area contributed by atoms with Crippen LogP contribution in [0.5, 0.6) is 5.75 Å². The highest BCUT2D eigenvalue weighted by Gasteiger charge is 2.27. The summed E-state index contributed by atoms with van der Waals surface area (Å²) in [6.45, 7) is 7.90. The van der Waals surface area contributed by atoms with Crippen molar-refractivity contribution in [1.29, 1.82) is 0 Å². The Morgan fingerprint density at radius 2 is 1.96 bits per heavy atom. The average molecular weight is 314 g/mol. The van der Waals surface area contributed by atoms with E-state index in [2.05, 4.69) is 41.9 Å². The lowest BCUT2D eigenvalue weighted by Gasteiger charge is -2.20. The summed E-state index contributed by atoms with van der Waals surface area (Å²) in [6.07, 6.45) is 6.35. The lowest BCUT2D eigenvalue weighted by molar-refractivity contribution is 0.259. The number of methoxy groups -OCH3 is 1. The lowest BCUT2D eigenvalue weighted by Crippen LogP contribution is -2.25. The number of nitrogens with zero attached hydrogens (tertiary/aromatic N) is 1. The molecule has 23 heavy (non-hydrogen) atoms. The van der Waals surface area contributed by atoms with Gasteiger partial charge in [-0.15, -0.1) is 0 Å². The summed E-state index contributed by atoms with van der Waals surface area (Å²) < 4.78 is 5.61. The molecule has 1 saturated carbocycles. The molecule has 0 unspecified atom stereocenters. The molecule has 1 aromatic carbocycles. The molecule has 1 aromatic heterocycles. The predicted molar refractivity (Wildman–Crippen MR) is 97.3 cm³/mol. The van der Waals surface area contributed by atoms with Crippen molar-refractivity contribution in [1.82, 2.24) is 9.88 Å². The molecular weight excluding hydrogens is 284 g/mol. The Hall–Kier alpha value is -1.48. The summed E-state index contributed by atoms with van der Waals surface area (Å²) in [5, 5.41) is 1.27. The molecular formula is C20H30N2O. The molecule has 0 amide bonds. The van der Waals surface area contributed by atoms with Gasteiger partial charge >= 0.3 is 0 Å². The Bertz CT molecular complexity index is 642.